The number of benzene rings is 1. The van der Waals surface area contributed by atoms with Gasteiger partial charge in [0.05, 0.1) is 31.3 Å². The maximum absolute atomic E-state index is 14.6. The molecule has 1 atom stereocenters. The molecule has 0 aliphatic carbocycles. The van der Waals surface area contributed by atoms with E-state index in [4.69, 9.17) is 27.9 Å². The lowest BCUT2D eigenvalue weighted by atomic mass is 9.82. The maximum Gasteiger partial charge on any atom is 0.409 e. The highest BCUT2D eigenvalue weighted by Gasteiger charge is 2.62. The van der Waals surface area contributed by atoms with Gasteiger partial charge in [-0.3, -0.25) is 14.5 Å². The lowest BCUT2D eigenvalue weighted by Crippen LogP contribution is -2.81. The topological polar surface area (TPSA) is 83.0 Å². The minimum atomic E-state index is -1.39. The second-order valence-electron chi connectivity index (χ2n) is 7.70. The molecule has 2 aliphatic rings. The van der Waals surface area contributed by atoms with E-state index < -0.39 is 41.9 Å². The molecule has 11 heteroatoms. The number of aromatic nitrogens is 1. The fraction of sp³-hybridized carbons (Fsp3) is 0.333. The Morgan fingerprint density at radius 1 is 1.19 bits per heavy atom. The predicted octanol–water partition coefficient (Wildman–Crippen LogP) is 3.28. The molecular weight excluding hydrogens is 462 g/mol. The summed E-state index contributed by atoms with van der Waals surface area (Å²) in [5.41, 5.74) is -0.633. The van der Waals surface area contributed by atoms with E-state index in [9.17, 15) is 18.8 Å². The number of carbonyl (C=O) groups excluding carboxylic acids is 3. The molecule has 0 saturated carbocycles. The summed E-state index contributed by atoms with van der Waals surface area (Å²) in [6, 6.07) is 7.44. The molecule has 1 aromatic carbocycles. The Morgan fingerprint density at radius 2 is 1.84 bits per heavy atom. The van der Waals surface area contributed by atoms with Gasteiger partial charge >= 0.3 is 6.09 Å². The molecule has 8 nitrogen and oxygen atoms in total. The number of hydrogen-bond donors (Lipinski definition) is 0. The Kier molecular flexibility index (Phi) is 5.72. The number of nitrogens with zero attached hydrogens (tertiary/aromatic N) is 4. The van der Waals surface area contributed by atoms with Crippen molar-refractivity contribution in [1.29, 1.82) is 0 Å². The van der Waals surface area contributed by atoms with Crippen LogP contribution in [0.3, 0.4) is 0 Å². The number of pyridine rings is 1. The average molecular weight is 481 g/mol. The van der Waals surface area contributed by atoms with Crippen molar-refractivity contribution < 1.29 is 23.5 Å². The van der Waals surface area contributed by atoms with Gasteiger partial charge in [-0.1, -0.05) is 35.3 Å². The number of ether oxygens (including phenoxy) is 1. The number of methoxy groups -OCH3 is 1. The van der Waals surface area contributed by atoms with Gasteiger partial charge in [-0.15, -0.1) is 0 Å². The van der Waals surface area contributed by atoms with Crippen LogP contribution in [0, 0.1) is 5.82 Å². The van der Waals surface area contributed by atoms with Gasteiger partial charge in [-0.25, -0.2) is 14.2 Å². The van der Waals surface area contributed by atoms with Gasteiger partial charge < -0.3 is 14.5 Å². The van der Waals surface area contributed by atoms with Crippen molar-refractivity contribution in [3.63, 3.8) is 0 Å². The van der Waals surface area contributed by atoms with Crippen molar-refractivity contribution in [3.8, 4) is 0 Å². The summed E-state index contributed by atoms with van der Waals surface area (Å²) in [6.07, 6.45) is 0.581. The predicted molar refractivity (Wildman–Crippen MR) is 115 cm³/mol. The molecular formula is C21H19Cl2FN4O4. The van der Waals surface area contributed by atoms with E-state index in [0.29, 0.717) is 5.02 Å². The number of piperazine rings is 1. The molecule has 2 fully saturated rings. The Morgan fingerprint density at radius 3 is 2.44 bits per heavy atom. The van der Waals surface area contributed by atoms with Gasteiger partial charge in [-0.2, -0.15) is 0 Å². The summed E-state index contributed by atoms with van der Waals surface area (Å²) in [7, 11) is 1.23. The fourth-order valence-corrected chi connectivity index (χ4v) is 4.53. The molecule has 2 saturated heterocycles. The van der Waals surface area contributed by atoms with Crippen LogP contribution in [-0.4, -0.2) is 65.0 Å². The summed E-state index contributed by atoms with van der Waals surface area (Å²) in [5.74, 6) is -2.06. The zero-order valence-corrected chi connectivity index (χ0v) is 18.7. The molecule has 3 heterocycles. The highest BCUT2D eigenvalue weighted by atomic mass is 35.5. The number of halogens is 3. The zero-order valence-electron chi connectivity index (χ0n) is 17.2. The smallest absolute Gasteiger partial charge is 0.409 e. The molecule has 4 rings (SSSR count). The summed E-state index contributed by atoms with van der Waals surface area (Å²) < 4.78 is 19.3. The van der Waals surface area contributed by atoms with E-state index in [-0.39, 0.29) is 23.9 Å². The highest BCUT2D eigenvalue weighted by molar-refractivity contribution is 6.30. The normalized spacial score (nSPS) is 18.6. The summed E-state index contributed by atoms with van der Waals surface area (Å²) >= 11 is 11.8. The second kappa shape index (κ2) is 8.22. The standard InChI is InChI=1S/C21H19Cl2FN4O4/c1-12(13-3-5-14(22)6-4-13)28-17(29)9-27(18-16(24)7-15(23)8-25-18)19(30)21(28)10-26(11-21)20(31)32-2/h3-8,12H,9-11H2,1-2H3/t12-/m0/s1. The largest absolute Gasteiger partial charge is 0.453 e. The lowest BCUT2D eigenvalue weighted by Gasteiger charge is -2.58. The van der Waals surface area contributed by atoms with Gasteiger partial charge in [0.1, 0.15) is 6.54 Å². The molecule has 0 bridgehead atoms. The minimum absolute atomic E-state index is 0.0650. The van der Waals surface area contributed by atoms with Gasteiger partial charge in [0.25, 0.3) is 5.91 Å². The van der Waals surface area contributed by atoms with E-state index in [1.165, 1.54) is 23.1 Å². The number of rotatable bonds is 3. The van der Waals surface area contributed by atoms with Crippen LogP contribution >= 0.6 is 23.2 Å². The molecule has 0 unspecified atom stereocenters. The quantitative estimate of drug-likeness (QED) is 0.672. The highest BCUT2D eigenvalue weighted by Crippen LogP contribution is 2.41. The second-order valence-corrected chi connectivity index (χ2v) is 8.57. The van der Waals surface area contributed by atoms with Crippen LogP contribution in [0.1, 0.15) is 18.5 Å². The SMILES string of the molecule is COC(=O)N1CC2(C1)C(=O)N(c1ncc(Cl)cc1F)CC(=O)N2[C@@H](C)c1ccc(Cl)cc1. The first kappa shape index (κ1) is 22.3. The third-order valence-corrected chi connectivity index (χ3v) is 6.25. The third kappa shape index (κ3) is 3.55. The Labute approximate surface area is 193 Å². The molecule has 2 aromatic rings. The summed E-state index contributed by atoms with van der Waals surface area (Å²) in [4.78, 5) is 46.7. The van der Waals surface area contributed by atoms with Crippen LogP contribution in [0.2, 0.25) is 10.0 Å². The molecule has 168 valence electrons. The average Bonchev–Trinajstić information content (AvgIpc) is 2.73. The van der Waals surface area contributed by atoms with E-state index in [1.54, 1.807) is 31.2 Å². The van der Waals surface area contributed by atoms with Crippen molar-refractivity contribution in [2.45, 2.75) is 18.5 Å². The van der Waals surface area contributed by atoms with E-state index >= 15 is 0 Å². The third-order valence-electron chi connectivity index (χ3n) is 5.79. The van der Waals surface area contributed by atoms with Gasteiger partial charge in [-0.05, 0) is 30.7 Å². The molecule has 0 N–H and O–H groups in total. The molecule has 1 spiro atoms. The maximum atomic E-state index is 14.6. The number of anilines is 1. The lowest BCUT2D eigenvalue weighted by molar-refractivity contribution is -0.165. The Bertz CT molecular complexity index is 1090. The van der Waals surface area contributed by atoms with Crippen LogP contribution in [0.4, 0.5) is 15.0 Å². The monoisotopic (exact) mass is 480 g/mol. The van der Waals surface area contributed by atoms with Crippen LogP contribution in [0.25, 0.3) is 0 Å². The van der Waals surface area contributed by atoms with Crippen LogP contribution in [-0.2, 0) is 14.3 Å². The summed E-state index contributed by atoms with van der Waals surface area (Å²) in [5, 5.41) is 0.600. The molecule has 0 radical (unpaired) electrons. The number of likely N-dealkylation sites (tertiary alicyclic amines) is 1. The first-order valence-electron chi connectivity index (χ1n) is 9.71. The van der Waals surface area contributed by atoms with Crippen molar-refractivity contribution >= 4 is 46.9 Å². The molecule has 2 aliphatic heterocycles. The van der Waals surface area contributed by atoms with E-state index in [1.807, 2.05) is 0 Å². The zero-order chi connectivity index (χ0) is 23.2. The number of hydrogen-bond acceptors (Lipinski definition) is 5. The van der Waals surface area contributed by atoms with Crippen molar-refractivity contribution in [2.75, 3.05) is 31.6 Å². The van der Waals surface area contributed by atoms with Crippen LogP contribution in [0.5, 0.6) is 0 Å². The number of amides is 3. The van der Waals surface area contributed by atoms with Gasteiger partial charge in [0.15, 0.2) is 17.2 Å². The minimum Gasteiger partial charge on any atom is -0.453 e. The van der Waals surface area contributed by atoms with Crippen molar-refractivity contribution in [1.82, 2.24) is 14.8 Å². The Hall–Kier alpha value is -2.91. The van der Waals surface area contributed by atoms with Crippen LogP contribution in [0.15, 0.2) is 36.5 Å². The van der Waals surface area contributed by atoms with Crippen molar-refractivity contribution in [3.05, 3.63) is 58.0 Å². The van der Waals surface area contributed by atoms with Crippen molar-refractivity contribution in [2.24, 2.45) is 0 Å². The summed E-state index contributed by atoms with van der Waals surface area (Å²) in [6.45, 7) is 1.21. The first-order valence-corrected chi connectivity index (χ1v) is 10.5. The fourth-order valence-electron chi connectivity index (χ4n) is 4.26. The van der Waals surface area contributed by atoms with Crippen LogP contribution < -0.4 is 4.90 Å². The first-order chi connectivity index (χ1) is 15.2. The molecule has 32 heavy (non-hydrogen) atoms. The van der Waals surface area contributed by atoms with Gasteiger partial charge in [0.2, 0.25) is 5.91 Å². The van der Waals surface area contributed by atoms with Gasteiger partial charge in [0, 0.05) is 11.2 Å². The van der Waals surface area contributed by atoms with E-state index in [0.717, 1.165) is 16.5 Å². The molecule has 3 amide bonds. The Balaban J connectivity index is 1.74. The number of carbonyl (C=O) groups is 3. The van der Waals surface area contributed by atoms with E-state index in [2.05, 4.69) is 4.98 Å². The molecule has 1 aromatic heterocycles.